The minimum Gasteiger partial charge on any atom is -0.462 e. The lowest BCUT2D eigenvalue weighted by Gasteiger charge is -2.21. The average Bonchev–Trinajstić information content (AvgIpc) is 3.67. The Labute approximate surface area is 543 Å². The van der Waals surface area contributed by atoms with Crippen LogP contribution in [0.15, 0.2) is 0 Å². The lowest BCUT2D eigenvalue weighted by Crippen LogP contribution is -2.30. The van der Waals surface area contributed by atoms with Gasteiger partial charge >= 0.3 is 39.5 Å². The van der Waals surface area contributed by atoms with Crippen LogP contribution in [0.3, 0.4) is 0 Å². The van der Waals surface area contributed by atoms with Gasteiger partial charge in [0, 0.05) is 25.7 Å². The molecule has 0 aliphatic carbocycles. The summed E-state index contributed by atoms with van der Waals surface area (Å²) in [7, 11) is -9.90. The summed E-state index contributed by atoms with van der Waals surface area (Å²) >= 11 is 0. The Hall–Kier alpha value is -1.94. The summed E-state index contributed by atoms with van der Waals surface area (Å²) in [6.45, 7) is 9.46. The molecule has 0 rings (SSSR count). The van der Waals surface area contributed by atoms with Crippen molar-refractivity contribution in [2.75, 3.05) is 39.6 Å². The number of carbonyl (C=O) groups is 4. The number of ether oxygens (including phenoxy) is 4. The van der Waals surface area contributed by atoms with Gasteiger partial charge in [-0.1, -0.05) is 305 Å². The minimum atomic E-state index is -4.95. The summed E-state index contributed by atoms with van der Waals surface area (Å²) in [6, 6.07) is 0. The Morgan fingerprint density at radius 2 is 0.573 bits per heavy atom. The van der Waals surface area contributed by atoms with Crippen LogP contribution in [-0.4, -0.2) is 96.7 Å². The second-order valence-electron chi connectivity index (χ2n) is 26.0. The summed E-state index contributed by atoms with van der Waals surface area (Å²) in [4.78, 5) is 72.5. The first-order chi connectivity index (χ1) is 42.9. The molecule has 0 amide bonds. The molecule has 17 nitrogen and oxygen atoms in total. The summed E-state index contributed by atoms with van der Waals surface area (Å²) in [6.07, 6.45) is 47.3. The Morgan fingerprint density at radius 3 is 0.854 bits per heavy atom. The average molecular weight is 1310 g/mol. The molecule has 89 heavy (non-hydrogen) atoms. The maximum absolute atomic E-state index is 13.0. The predicted molar refractivity (Wildman–Crippen MR) is 358 cm³/mol. The fourth-order valence-electron chi connectivity index (χ4n) is 10.6. The van der Waals surface area contributed by atoms with Crippen LogP contribution in [0.4, 0.5) is 0 Å². The number of aliphatic hydroxyl groups excluding tert-OH is 1. The second kappa shape index (κ2) is 62.2. The van der Waals surface area contributed by atoms with E-state index in [4.69, 9.17) is 37.0 Å². The van der Waals surface area contributed by atoms with E-state index in [9.17, 15) is 43.2 Å². The predicted octanol–water partition coefficient (Wildman–Crippen LogP) is 20.0. The Bertz CT molecular complexity index is 1740. The lowest BCUT2D eigenvalue weighted by atomic mass is 10.00. The van der Waals surface area contributed by atoms with Gasteiger partial charge < -0.3 is 33.8 Å². The van der Waals surface area contributed by atoms with E-state index in [0.29, 0.717) is 25.7 Å². The molecule has 0 bridgehead atoms. The third kappa shape index (κ3) is 63.2. The molecule has 0 fully saturated rings. The molecule has 19 heteroatoms. The highest BCUT2D eigenvalue weighted by Crippen LogP contribution is 2.45. The van der Waals surface area contributed by atoms with Gasteiger partial charge in [0.2, 0.25) is 0 Å². The lowest BCUT2D eigenvalue weighted by molar-refractivity contribution is -0.161. The molecule has 0 spiro atoms. The number of hydrogen-bond acceptors (Lipinski definition) is 15. The van der Waals surface area contributed by atoms with Crippen LogP contribution in [0.1, 0.15) is 356 Å². The van der Waals surface area contributed by atoms with Gasteiger partial charge in [0.15, 0.2) is 12.2 Å². The second-order valence-corrected chi connectivity index (χ2v) is 28.9. The maximum atomic E-state index is 13.0. The molecule has 0 saturated carbocycles. The van der Waals surface area contributed by atoms with E-state index in [1.165, 1.54) is 173 Å². The summed E-state index contributed by atoms with van der Waals surface area (Å²) in [5, 5.41) is 10.6. The first-order valence-electron chi connectivity index (χ1n) is 36.5. The summed E-state index contributed by atoms with van der Waals surface area (Å²) in [5.41, 5.74) is 0. The Morgan fingerprint density at radius 1 is 0.326 bits per heavy atom. The van der Waals surface area contributed by atoms with E-state index in [1.54, 1.807) is 0 Å². The molecule has 3 unspecified atom stereocenters. The van der Waals surface area contributed by atoms with Crippen molar-refractivity contribution in [1.82, 2.24) is 0 Å². The van der Waals surface area contributed by atoms with Crippen molar-refractivity contribution in [2.45, 2.75) is 374 Å². The molecular weight excluding hydrogens is 1170 g/mol. The summed E-state index contributed by atoms with van der Waals surface area (Å²) in [5.74, 6) is -0.664. The number of carbonyl (C=O) groups excluding carboxylic acids is 4. The van der Waals surface area contributed by atoms with Gasteiger partial charge in [0.1, 0.15) is 19.3 Å². The molecule has 0 radical (unpaired) electrons. The van der Waals surface area contributed by atoms with Gasteiger partial charge in [-0.3, -0.25) is 37.3 Å². The van der Waals surface area contributed by atoms with Gasteiger partial charge in [-0.2, -0.15) is 0 Å². The molecule has 528 valence electrons. The van der Waals surface area contributed by atoms with Crippen molar-refractivity contribution in [2.24, 2.45) is 11.8 Å². The number of phosphoric ester groups is 2. The van der Waals surface area contributed by atoms with Gasteiger partial charge in [0.05, 0.1) is 26.4 Å². The SMILES string of the molecule is CCCCCCCCCCCCCCCCCCCCC(=O)O[C@H](COC(=O)CCCCCCCCCCCC(C)C)COP(=O)(O)OC[C@@H](O)COP(=O)(O)OC[C@@H](COC(=O)CCCCCCCCCCC)OC(=O)CCCCCCCCC(C)CC. The Kier molecular flexibility index (Phi) is 60.8. The summed E-state index contributed by atoms with van der Waals surface area (Å²) < 4.78 is 68.2. The highest BCUT2D eigenvalue weighted by molar-refractivity contribution is 7.47. The van der Waals surface area contributed by atoms with E-state index >= 15 is 0 Å². The van der Waals surface area contributed by atoms with Crippen LogP contribution in [0.2, 0.25) is 0 Å². The quantitative estimate of drug-likeness (QED) is 0.0222. The van der Waals surface area contributed by atoms with Crippen molar-refractivity contribution in [3.63, 3.8) is 0 Å². The van der Waals surface area contributed by atoms with Crippen LogP contribution in [-0.2, 0) is 65.4 Å². The zero-order chi connectivity index (χ0) is 65.7. The van der Waals surface area contributed by atoms with E-state index in [0.717, 1.165) is 102 Å². The van der Waals surface area contributed by atoms with Crippen molar-refractivity contribution >= 4 is 39.5 Å². The number of unbranched alkanes of at least 4 members (excludes halogenated alkanes) is 38. The van der Waals surface area contributed by atoms with Gasteiger partial charge in [-0.05, 0) is 37.5 Å². The number of aliphatic hydroxyl groups is 1. The fourth-order valence-corrected chi connectivity index (χ4v) is 12.1. The van der Waals surface area contributed by atoms with Crippen molar-refractivity contribution in [1.29, 1.82) is 0 Å². The molecule has 0 aliphatic heterocycles. The van der Waals surface area contributed by atoms with Gasteiger partial charge in [0.25, 0.3) is 0 Å². The Balaban J connectivity index is 5.21. The van der Waals surface area contributed by atoms with Crippen LogP contribution in [0, 0.1) is 11.8 Å². The van der Waals surface area contributed by atoms with Gasteiger partial charge in [-0.15, -0.1) is 0 Å². The molecule has 0 aliphatic rings. The number of hydrogen-bond donors (Lipinski definition) is 3. The third-order valence-corrected chi connectivity index (χ3v) is 18.5. The molecule has 0 heterocycles. The first-order valence-corrected chi connectivity index (χ1v) is 39.5. The van der Waals surface area contributed by atoms with Crippen LogP contribution < -0.4 is 0 Å². The standard InChI is InChI=1S/C70H136O17P2/c1-7-10-12-14-16-18-19-20-21-22-23-24-25-26-30-35-42-48-54-69(74)86-65(58-81-68(73)53-47-41-34-31-27-29-32-38-44-50-62(4)5)60-84-88(76,77)82-56-64(71)57-83-89(78,79)85-61-66(59-80-67(72)52-46-40-33-28-17-15-13-11-8-2)87-70(75)55-49-43-37-36-39-45-51-63(6)9-3/h62-66,71H,7-61H2,1-6H3,(H,76,77)(H,78,79)/t63?,64-,65-,66-/m1/s1. The molecular formula is C70H136O17P2. The molecule has 0 aromatic carbocycles. The van der Waals surface area contributed by atoms with Crippen LogP contribution in [0.25, 0.3) is 0 Å². The number of phosphoric acid groups is 2. The van der Waals surface area contributed by atoms with Crippen molar-refractivity contribution in [3.8, 4) is 0 Å². The minimum absolute atomic E-state index is 0.103. The monoisotopic (exact) mass is 1310 g/mol. The van der Waals surface area contributed by atoms with Crippen LogP contribution in [0.5, 0.6) is 0 Å². The normalized spacial score (nSPS) is 14.4. The van der Waals surface area contributed by atoms with E-state index < -0.39 is 97.5 Å². The highest BCUT2D eigenvalue weighted by atomic mass is 31.2. The highest BCUT2D eigenvalue weighted by Gasteiger charge is 2.30. The third-order valence-electron chi connectivity index (χ3n) is 16.6. The van der Waals surface area contributed by atoms with Crippen LogP contribution >= 0.6 is 15.6 Å². The van der Waals surface area contributed by atoms with Crippen molar-refractivity contribution in [3.05, 3.63) is 0 Å². The molecule has 0 saturated heterocycles. The smallest absolute Gasteiger partial charge is 0.462 e. The number of rotatable bonds is 69. The van der Waals surface area contributed by atoms with Gasteiger partial charge in [-0.25, -0.2) is 9.13 Å². The molecule has 3 N–H and O–H groups in total. The van der Waals surface area contributed by atoms with Crippen molar-refractivity contribution < 1.29 is 80.2 Å². The molecule has 6 atom stereocenters. The maximum Gasteiger partial charge on any atom is 0.472 e. The van der Waals surface area contributed by atoms with E-state index in [-0.39, 0.29) is 25.7 Å². The topological polar surface area (TPSA) is 237 Å². The largest absolute Gasteiger partial charge is 0.472 e. The fraction of sp³-hybridized carbons (Fsp3) is 0.943. The zero-order valence-electron chi connectivity index (χ0n) is 57.7. The van der Waals surface area contributed by atoms with E-state index in [1.807, 2.05) is 0 Å². The zero-order valence-corrected chi connectivity index (χ0v) is 59.5. The number of esters is 4. The first kappa shape index (κ1) is 87.1. The molecule has 0 aromatic rings. The molecule has 0 aromatic heterocycles. The van der Waals surface area contributed by atoms with E-state index in [2.05, 4.69) is 41.5 Å².